The smallest absolute Gasteiger partial charge is 0.260 e. The summed E-state index contributed by atoms with van der Waals surface area (Å²) in [5.41, 5.74) is 3.02. The molecule has 9 heteroatoms. The van der Waals surface area contributed by atoms with Crippen molar-refractivity contribution < 1.29 is 0 Å². The van der Waals surface area contributed by atoms with Crippen molar-refractivity contribution in [3.63, 3.8) is 0 Å². The predicted octanol–water partition coefficient (Wildman–Crippen LogP) is 3.35. The average molecular weight is 395 g/mol. The van der Waals surface area contributed by atoms with Crippen molar-refractivity contribution in [1.82, 2.24) is 25.1 Å². The van der Waals surface area contributed by atoms with Gasteiger partial charge < -0.3 is 10.4 Å². The number of rotatable bonds is 2. The van der Waals surface area contributed by atoms with E-state index in [4.69, 9.17) is 17.0 Å². The van der Waals surface area contributed by atoms with Crippen LogP contribution in [0.15, 0.2) is 47.8 Å². The zero-order chi connectivity index (χ0) is 18.5. The molecule has 3 heterocycles. The standard InChI is InChI=1S/C18H11ClN6OS/c19-13-6-21-18(27-13)10-4-9(8-2-1-3-12-11(8)5-24-25-12)15(20)14-16(10)22-7-23-17(14)26/h1-7,9,20H,(H,24,25)(H,22,23,26). The molecule has 0 saturated heterocycles. The number of aromatic nitrogens is 5. The minimum Gasteiger partial charge on any atom is -0.313 e. The van der Waals surface area contributed by atoms with Crippen molar-refractivity contribution in [2.75, 3.05) is 0 Å². The molecule has 0 spiro atoms. The highest BCUT2D eigenvalue weighted by atomic mass is 35.5. The molecule has 0 bridgehead atoms. The Hall–Kier alpha value is -3.10. The zero-order valence-electron chi connectivity index (χ0n) is 13.7. The third-order valence-electron chi connectivity index (χ3n) is 4.58. The second-order valence-corrected chi connectivity index (χ2v) is 7.74. The lowest BCUT2D eigenvalue weighted by Crippen LogP contribution is -2.28. The minimum atomic E-state index is -0.429. The van der Waals surface area contributed by atoms with Crippen LogP contribution in [0.4, 0.5) is 0 Å². The number of hydrogen-bond donors (Lipinski definition) is 3. The second kappa shape index (κ2) is 5.97. The molecule has 7 nitrogen and oxygen atoms in total. The number of fused-ring (bicyclic) bond motifs is 2. The van der Waals surface area contributed by atoms with Crippen LogP contribution < -0.4 is 5.56 Å². The highest BCUT2D eigenvalue weighted by Crippen LogP contribution is 2.39. The molecule has 1 aliphatic carbocycles. The number of aromatic amines is 2. The number of nitrogens with zero attached hydrogens (tertiary/aromatic N) is 3. The topological polar surface area (TPSA) is 111 Å². The van der Waals surface area contributed by atoms with Gasteiger partial charge in [-0.1, -0.05) is 29.8 Å². The van der Waals surface area contributed by atoms with Gasteiger partial charge in [-0.05, 0) is 11.6 Å². The highest BCUT2D eigenvalue weighted by molar-refractivity contribution is 7.16. The Balaban J connectivity index is 1.80. The lowest BCUT2D eigenvalue weighted by molar-refractivity contribution is 1.03. The van der Waals surface area contributed by atoms with Gasteiger partial charge in [-0.25, -0.2) is 9.97 Å². The van der Waals surface area contributed by atoms with E-state index in [2.05, 4.69) is 25.1 Å². The van der Waals surface area contributed by atoms with Crippen LogP contribution in [0.25, 0.3) is 16.5 Å². The molecule has 3 N–H and O–H groups in total. The molecule has 0 radical (unpaired) electrons. The van der Waals surface area contributed by atoms with Crippen molar-refractivity contribution >= 4 is 45.1 Å². The van der Waals surface area contributed by atoms with E-state index in [0.717, 1.165) is 16.5 Å². The molecule has 1 atom stereocenters. The zero-order valence-corrected chi connectivity index (χ0v) is 15.2. The van der Waals surface area contributed by atoms with Gasteiger partial charge in [0.15, 0.2) is 0 Å². The molecular weight excluding hydrogens is 384 g/mol. The highest BCUT2D eigenvalue weighted by Gasteiger charge is 2.32. The van der Waals surface area contributed by atoms with E-state index in [0.29, 0.717) is 20.6 Å². The van der Waals surface area contributed by atoms with Crippen molar-refractivity contribution in [1.29, 1.82) is 5.41 Å². The van der Waals surface area contributed by atoms with Gasteiger partial charge in [0.1, 0.15) is 9.34 Å². The summed E-state index contributed by atoms with van der Waals surface area (Å²) in [6.07, 6.45) is 6.57. The first kappa shape index (κ1) is 16.1. The van der Waals surface area contributed by atoms with E-state index in [-0.39, 0.29) is 16.8 Å². The van der Waals surface area contributed by atoms with Crippen molar-refractivity contribution in [2.45, 2.75) is 5.92 Å². The molecule has 5 rings (SSSR count). The summed E-state index contributed by atoms with van der Waals surface area (Å²) in [4.78, 5) is 23.8. The summed E-state index contributed by atoms with van der Waals surface area (Å²) in [5, 5.41) is 17.3. The number of benzene rings is 1. The Morgan fingerprint density at radius 1 is 1.22 bits per heavy atom. The fraction of sp³-hybridized carbons (Fsp3) is 0.0556. The molecule has 1 aliphatic rings. The average Bonchev–Trinajstić information content (AvgIpc) is 3.31. The molecule has 0 amide bonds. The van der Waals surface area contributed by atoms with E-state index in [9.17, 15) is 4.79 Å². The van der Waals surface area contributed by atoms with Gasteiger partial charge in [-0.15, -0.1) is 11.3 Å². The first-order valence-electron chi connectivity index (χ1n) is 8.06. The van der Waals surface area contributed by atoms with E-state index >= 15 is 0 Å². The third-order valence-corrected chi connectivity index (χ3v) is 5.73. The molecular formula is C18H11ClN6OS. The Bertz CT molecular complexity index is 1300. The number of H-pyrrole nitrogens is 2. The van der Waals surface area contributed by atoms with Gasteiger partial charge >= 0.3 is 0 Å². The Kier molecular flexibility index (Phi) is 3.56. The quantitative estimate of drug-likeness (QED) is 0.484. The van der Waals surface area contributed by atoms with Gasteiger partial charge in [0.2, 0.25) is 0 Å². The SMILES string of the molecule is N=C1c2c(nc[nH]c2=O)C(c2ncc(Cl)s2)=CC1c1cccc2[nH]ncc12. The van der Waals surface area contributed by atoms with Gasteiger partial charge in [-0.2, -0.15) is 5.10 Å². The first-order chi connectivity index (χ1) is 13.1. The maximum atomic E-state index is 12.5. The Morgan fingerprint density at radius 2 is 2.11 bits per heavy atom. The lowest BCUT2D eigenvalue weighted by Gasteiger charge is -2.23. The van der Waals surface area contributed by atoms with Crippen LogP contribution in [-0.4, -0.2) is 30.9 Å². The van der Waals surface area contributed by atoms with E-state index in [1.165, 1.54) is 17.7 Å². The predicted molar refractivity (Wildman–Crippen MR) is 105 cm³/mol. The van der Waals surface area contributed by atoms with Crippen LogP contribution in [0.2, 0.25) is 4.34 Å². The summed E-state index contributed by atoms with van der Waals surface area (Å²) < 4.78 is 0.548. The van der Waals surface area contributed by atoms with Crippen LogP contribution in [0.1, 0.15) is 27.7 Å². The number of hydrogen-bond acceptors (Lipinski definition) is 6. The second-order valence-electron chi connectivity index (χ2n) is 6.07. The minimum absolute atomic E-state index is 0.194. The maximum Gasteiger partial charge on any atom is 0.260 e. The van der Waals surface area contributed by atoms with Crippen LogP contribution in [0.3, 0.4) is 0 Å². The van der Waals surface area contributed by atoms with Gasteiger partial charge in [0.05, 0.1) is 41.2 Å². The summed E-state index contributed by atoms with van der Waals surface area (Å²) in [7, 11) is 0. The van der Waals surface area contributed by atoms with Crippen LogP contribution in [0.5, 0.6) is 0 Å². The fourth-order valence-electron chi connectivity index (χ4n) is 3.40. The van der Waals surface area contributed by atoms with E-state index in [1.807, 2.05) is 24.3 Å². The first-order valence-corrected chi connectivity index (χ1v) is 9.25. The number of allylic oxidation sites excluding steroid dienone is 1. The summed E-state index contributed by atoms with van der Waals surface area (Å²) in [6.45, 7) is 0. The van der Waals surface area contributed by atoms with Crippen LogP contribution >= 0.6 is 22.9 Å². The van der Waals surface area contributed by atoms with Crippen molar-refractivity contribution in [3.05, 3.63) is 79.5 Å². The lowest BCUT2D eigenvalue weighted by atomic mass is 9.81. The molecule has 0 fully saturated rings. The molecule has 1 aromatic carbocycles. The molecule has 3 aromatic heterocycles. The molecule has 132 valence electrons. The largest absolute Gasteiger partial charge is 0.313 e. The summed E-state index contributed by atoms with van der Waals surface area (Å²) in [6, 6.07) is 5.77. The van der Waals surface area contributed by atoms with Gasteiger partial charge in [0, 0.05) is 16.9 Å². The Morgan fingerprint density at radius 3 is 2.93 bits per heavy atom. The third kappa shape index (κ3) is 2.45. The summed E-state index contributed by atoms with van der Waals surface area (Å²) in [5.74, 6) is -0.429. The summed E-state index contributed by atoms with van der Waals surface area (Å²) >= 11 is 7.38. The fourth-order valence-corrected chi connectivity index (χ4v) is 4.34. The van der Waals surface area contributed by atoms with Crippen LogP contribution in [-0.2, 0) is 0 Å². The molecule has 0 saturated carbocycles. The van der Waals surface area contributed by atoms with Crippen molar-refractivity contribution in [2.24, 2.45) is 0 Å². The van der Waals surface area contributed by atoms with E-state index < -0.39 is 5.92 Å². The van der Waals surface area contributed by atoms with Gasteiger partial charge in [-0.3, -0.25) is 9.89 Å². The van der Waals surface area contributed by atoms with E-state index in [1.54, 1.807) is 12.4 Å². The van der Waals surface area contributed by atoms with Crippen molar-refractivity contribution in [3.8, 4) is 0 Å². The van der Waals surface area contributed by atoms with Gasteiger partial charge in [0.25, 0.3) is 5.56 Å². The maximum absolute atomic E-state index is 12.5. The molecule has 1 unspecified atom stereocenters. The normalized spacial score (nSPS) is 16.4. The number of halogens is 1. The number of thiazole rings is 1. The molecule has 0 aliphatic heterocycles. The number of nitrogens with one attached hydrogen (secondary N) is 3. The molecule has 27 heavy (non-hydrogen) atoms. The van der Waals surface area contributed by atoms with Crippen LogP contribution in [0, 0.1) is 5.41 Å². The monoisotopic (exact) mass is 394 g/mol. The Labute approximate surface area is 161 Å². The molecule has 4 aromatic rings.